The normalized spacial score (nSPS) is 15.3. The van der Waals surface area contributed by atoms with Crippen LogP contribution in [0, 0.1) is 0 Å². The average Bonchev–Trinajstić information content (AvgIpc) is 2.66. The molecule has 0 aliphatic carbocycles. The minimum atomic E-state index is -8.76. The van der Waals surface area contributed by atoms with Gasteiger partial charge >= 0.3 is 53.5 Å². The summed E-state index contributed by atoms with van der Waals surface area (Å²) in [6, 6.07) is 0.899. The fraction of sp³-hybridized carbons (Fsp3) is 0.615. The third-order valence-corrected chi connectivity index (χ3v) is 3.80. The molecule has 21 heteroatoms. The summed E-state index contributed by atoms with van der Waals surface area (Å²) >= 11 is 0. The van der Waals surface area contributed by atoms with E-state index < -0.39 is 59.5 Å². The summed E-state index contributed by atoms with van der Waals surface area (Å²) in [5.74, 6) is -63.4. The molecule has 0 bridgehead atoms. The van der Waals surface area contributed by atoms with Crippen molar-refractivity contribution in [1.82, 2.24) is 9.97 Å². The zero-order chi connectivity index (χ0) is 27.4. The van der Waals surface area contributed by atoms with Gasteiger partial charge in [-0.05, 0) is 6.07 Å². The summed E-state index contributed by atoms with van der Waals surface area (Å²) in [4.78, 5) is 16.9. The Morgan fingerprint density at radius 2 is 0.882 bits per heavy atom. The second-order valence-electron chi connectivity index (χ2n) is 6.05. The van der Waals surface area contributed by atoms with E-state index in [2.05, 4.69) is 9.97 Å². The molecule has 0 spiro atoms. The van der Waals surface area contributed by atoms with Crippen molar-refractivity contribution in [2.45, 2.75) is 47.6 Å². The lowest BCUT2D eigenvalue weighted by Gasteiger charge is -2.42. The molecule has 0 aliphatic rings. The molecule has 34 heavy (non-hydrogen) atoms. The maximum atomic E-state index is 13.6. The molecular formula is C13H4F17N3O. The van der Waals surface area contributed by atoms with E-state index in [4.69, 9.17) is 0 Å². The maximum absolute atomic E-state index is 13.6. The fourth-order valence-corrected chi connectivity index (χ4v) is 1.85. The highest BCUT2D eigenvalue weighted by Gasteiger charge is 2.95. The number of carbonyl (C=O) groups is 1. The summed E-state index contributed by atoms with van der Waals surface area (Å²) in [5.41, 5.74) is 0. The number of amides is 1. The number of alkyl halides is 17. The molecule has 4 nitrogen and oxygen atoms in total. The van der Waals surface area contributed by atoms with Gasteiger partial charge in [-0.1, -0.05) is 0 Å². The Balaban J connectivity index is 3.57. The van der Waals surface area contributed by atoms with Gasteiger partial charge in [0.15, 0.2) is 0 Å². The minimum Gasteiger partial charge on any atom is -0.289 e. The van der Waals surface area contributed by atoms with Gasteiger partial charge in [-0.2, -0.15) is 74.6 Å². The number of nitrogens with one attached hydrogen (secondary N) is 1. The van der Waals surface area contributed by atoms with Crippen molar-refractivity contribution in [3.8, 4) is 0 Å². The van der Waals surface area contributed by atoms with Crippen LogP contribution in [0.5, 0.6) is 0 Å². The molecule has 0 aliphatic heterocycles. The summed E-state index contributed by atoms with van der Waals surface area (Å²) in [6.07, 6.45) is -6.64. The van der Waals surface area contributed by atoms with Crippen molar-refractivity contribution in [2.24, 2.45) is 0 Å². The number of halogens is 17. The lowest BCUT2D eigenvalue weighted by molar-refractivity contribution is -0.459. The first kappa shape index (κ1) is 29.4. The van der Waals surface area contributed by atoms with Gasteiger partial charge in [0.2, 0.25) is 5.95 Å². The van der Waals surface area contributed by atoms with Crippen LogP contribution >= 0.6 is 0 Å². The van der Waals surface area contributed by atoms with Gasteiger partial charge < -0.3 is 0 Å². The molecular weight excluding hydrogens is 537 g/mol. The molecule has 1 rings (SSSR count). The van der Waals surface area contributed by atoms with Gasteiger partial charge in [0.05, 0.1) is 0 Å². The van der Waals surface area contributed by atoms with Crippen LogP contribution in [-0.2, 0) is 4.79 Å². The first-order valence-corrected chi connectivity index (χ1v) is 7.55. The quantitative estimate of drug-likeness (QED) is 0.448. The summed E-state index contributed by atoms with van der Waals surface area (Å²) in [5, 5.41) is 0.551. The predicted molar refractivity (Wildman–Crippen MR) is 71.3 cm³/mol. The molecule has 0 saturated carbocycles. The van der Waals surface area contributed by atoms with E-state index in [-0.39, 0.29) is 0 Å². The first-order chi connectivity index (χ1) is 14.7. The number of aromatic nitrogens is 2. The van der Waals surface area contributed by atoms with E-state index in [1.54, 1.807) is 0 Å². The van der Waals surface area contributed by atoms with Crippen LogP contribution in [0.25, 0.3) is 0 Å². The number of carbonyl (C=O) groups excluding carboxylic acids is 1. The van der Waals surface area contributed by atoms with Crippen LogP contribution < -0.4 is 5.32 Å². The molecule has 0 aromatic carbocycles. The molecule has 1 amide bonds. The largest absolute Gasteiger partial charge is 0.460 e. The molecule has 0 radical (unpaired) electrons. The SMILES string of the molecule is O=C(Nc1ncccn1)C(F)(F)C(F)(F)C(F)(F)C(F)(F)C(F)(F)C(F)(F)C(F)(F)C(F)(F)F. The zero-order valence-corrected chi connectivity index (χ0v) is 15.0. The van der Waals surface area contributed by atoms with Crippen LogP contribution in [0.1, 0.15) is 0 Å². The van der Waals surface area contributed by atoms with Gasteiger partial charge in [0, 0.05) is 12.4 Å². The van der Waals surface area contributed by atoms with Crippen LogP contribution in [0.3, 0.4) is 0 Å². The van der Waals surface area contributed by atoms with Crippen molar-refractivity contribution in [2.75, 3.05) is 5.32 Å². The minimum absolute atomic E-state index is 0.551. The van der Waals surface area contributed by atoms with E-state index in [9.17, 15) is 79.4 Å². The van der Waals surface area contributed by atoms with E-state index in [1.807, 2.05) is 0 Å². The maximum Gasteiger partial charge on any atom is 0.460 e. The van der Waals surface area contributed by atoms with E-state index in [0.717, 1.165) is 6.07 Å². The summed E-state index contributed by atoms with van der Waals surface area (Å²) in [6.45, 7) is 0. The highest BCUT2D eigenvalue weighted by molar-refractivity contribution is 5.95. The topological polar surface area (TPSA) is 54.9 Å². The lowest BCUT2D eigenvalue weighted by Crippen LogP contribution is -2.75. The van der Waals surface area contributed by atoms with Crippen molar-refractivity contribution in [3.63, 3.8) is 0 Å². The number of rotatable bonds is 8. The van der Waals surface area contributed by atoms with Crippen molar-refractivity contribution >= 4 is 11.9 Å². The average molecular weight is 541 g/mol. The van der Waals surface area contributed by atoms with Gasteiger partial charge in [0.1, 0.15) is 0 Å². The molecule has 0 saturated heterocycles. The Morgan fingerprint density at radius 3 is 1.24 bits per heavy atom. The summed E-state index contributed by atoms with van der Waals surface area (Å²) < 4.78 is 222. The molecule has 1 aromatic rings. The van der Waals surface area contributed by atoms with Crippen LogP contribution in [-0.4, -0.2) is 63.5 Å². The van der Waals surface area contributed by atoms with Crippen LogP contribution in [0.4, 0.5) is 80.6 Å². The van der Waals surface area contributed by atoms with Gasteiger partial charge in [-0.3, -0.25) is 10.1 Å². The standard InChI is InChI=1S/C13H4F17N3O/c14-6(15,4(34)33-5-31-2-1-3-32-5)7(16,17)8(18,19)9(20,21)10(22,23)11(24,25)12(26,27)13(28,29)30/h1-3H,(H,31,32,33,34). The highest BCUT2D eigenvalue weighted by Crippen LogP contribution is 2.63. The fourth-order valence-electron chi connectivity index (χ4n) is 1.85. The Kier molecular flexibility index (Phi) is 6.88. The van der Waals surface area contributed by atoms with Gasteiger partial charge in [0.25, 0.3) is 0 Å². The first-order valence-electron chi connectivity index (χ1n) is 7.55. The van der Waals surface area contributed by atoms with Crippen molar-refractivity contribution in [3.05, 3.63) is 18.5 Å². The third kappa shape index (κ3) is 3.85. The number of nitrogens with zero attached hydrogens (tertiary/aromatic N) is 2. The summed E-state index contributed by atoms with van der Waals surface area (Å²) in [7, 11) is 0. The van der Waals surface area contributed by atoms with E-state index in [0.29, 0.717) is 17.7 Å². The molecule has 196 valence electrons. The second-order valence-corrected chi connectivity index (χ2v) is 6.05. The van der Waals surface area contributed by atoms with Crippen LogP contribution in [0.15, 0.2) is 18.5 Å². The molecule has 0 unspecified atom stereocenters. The van der Waals surface area contributed by atoms with Crippen molar-refractivity contribution < 1.29 is 79.4 Å². The smallest absolute Gasteiger partial charge is 0.289 e. The van der Waals surface area contributed by atoms with E-state index >= 15 is 0 Å². The number of anilines is 1. The van der Waals surface area contributed by atoms with E-state index in [1.165, 1.54) is 0 Å². The monoisotopic (exact) mass is 541 g/mol. The number of hydrogen-bond acceptors (Lipinski definition) is 3. The molecule has 1 N–H and O–H groups in total. The van der Waals surface area contributed by atoms with Gasteiger partial charge in [-0.25, -0.2) is 9.97 Å². The Labute approximate surface area is 174 Å². The molecule has 0 fully saturated rings. The third-order valence-electron chi connectivity index (χ3n) is 3.80. The Morgan fingerprint density at radius 1 is 0.559 bits per heavy atom. The van der Waals surface area contributed by atoms with Gasteiger partial charge in [-0.15, -0.1) is 0 Å². The second kappa shape index (κ2) is 7.95. The highest BCUT2D eigenvalue weighted by atomic mass is 19.4. The molecule has 0 atom stereocenters. The Hall–Kier alpha value is -2.64. The zero-order valence-electron chi connectivity index (χ0n) is 15.0. The predicted octanol–water partition coefficient (Wildman–Crippen LogP) is 5.42. The number of hydrogen-bond donors (Lipinski definition) is 1. The molecule has 1 heterocycles. The lowest BCUT2D eigenvalue weighted by atomic mass is 9.89. The molecule has 1 aromatic heterocycles. The Bertz CT molecular complexity index is 896. The van der Waals surface area contributed by atoms with Crippen LogP contribution in [0.2, 0.25) is 0 Å². The van der Waals surface area contributed by atoms with Crippen molar-refractivity contribution in [1.29, 1.82) is 0 Å².